The fraction of sp³-hybridized carbons (Fsp3) is 0.500. The summed E-state index contributed by atoms with van der Waals surface area (Å²) in [6, 6.07) is 5.75. The first-order valence-electron chi connectivity index (χ1n) is 6.54. The third-order valence-corrected chi connectivity index (χ3v) is 3.20. The highest BCUT2D eigenvalue weighted by Gasteiger charge is 2.14. The maximum absolute atomic E-state index is 11.3. The number of nitrogens with one attached hydrogen (secondary N) is 1. The Morgan fingerprint density at radius 2 is 2.21 bits per heavy atom. The van der Waals surface area contributed by atoms with Gasteiger partial charge >= 0.3 is 0 Å². The number of hydrogen-bond acceptors (Lipinski definition) is 4. The Hall–Kier alpha value is -1.59. The lowest BCUT2D eigenvalue weighted by molar-refractivity contribution is -0.116. The van der Waals surface area contributed by atoms with Crippen LogP contribution in [-0.2, 0) is 11.2 Å². The molecular weight excluding hydrogens is 244 g/mol. The largest absolute Gasteiger partial charge is 0.492 e. The summed E-state index contributed by atoms with van der Waals surface area (Å²) >= 11 is 0. The molecule has 0 spiro atoms. The third kappa shape index (κ3) is 3.94. The molecule has 2 rings (SSSR count). The van der Waals surface area contributed by atoms with Gasteiger partial charge in [0.05, 0.1) is 6.61 Å². The van der Waals surface area contributed by atoms with Gasteiger partial charge in [-0.15, -0.1) is 0 Å². The van der Waals surface area contributed by atoms with E-state index in [4.69, 9.17) is 9.84 Å². The first-order chi connectivity index (χ1) is 9.19. The lowest BCUT2D eigenvalue weighted by Crippen LogP contribution is -2.27. The van der Waals surface area contributed by atoms with Crippen LogP contribution in [0.4, 0.5) is 5.69 Å². The maximum Gasteiger partial charge on any atom is 0.224 e. The van der Waals surface area contributed by atoms with Gasteiger partial charge in [-0.25, -0.2) is 0 Å². The lowest BCUT2D eigenvalue weighted by Gasteiger charge is -2.19. The van der Waals surface area contributed by atoms with Crippen LogP contribution < -0.4 is 10.1 Å². The van der Waals surface area contributed by atoms with Gasteiger partial charge in [0.1, 0.15) is 12.4 Å². The van der Waals surface area contributed by atoms with Gasteiger partial charge in [-0.2, -0.15) is 0 Å². The average molecular weight is 264 g/mol. The van der Waals surface area contributed by atoms with E-state index in [9.17, 15) is 4.79 Å². The van der Waals surface area contributed by atoms with Crippen molar-refractivity contribution in [3.05, 3.63) is 23.8 Å². The Morgan fingerprint density at radius 1 is 1.37 bits per heavy atom. The van der Waals surface area contributed by atoms with Crippen LogP contribution in [-0.4, -0.2) is 49.3 Å². The number of nitrogens with zero attached hydrogens (tertiary/aromatic N) is 1. The summed E-state index contributed by atoms with van der Waals surface area (Å²) in [5.41, 5.74) is 2.02. The van der Waals surface area contributed by atoms with Gasteiger partial charge in [-0.1, -0.05) is 0 Å². The van der Waals surface area contributed by atoms with Crippen LogP contribution in [0.2, 0.25) is 0 Å². The highest BCUT2D eigenvalue weighted by Crippen LogP contribution is 2.26. The summed E-state index contributed by atoms with van der Waals surface area (Å²) < 4.78 is 5.68. The molecule has 0 fully saturated rings. The summed E-state index contributed by atoms with van der Waals surface area (Å²) in [7, 11) is 1.95. The smallest absolute Gasteiger partial charge is 0.224 e. The molecule has 5 nitrogen and oxygen atoms in total. The second-order valence-electron chi connectivity index (χ2n) is 4.74. The Kier molecular flexibility index (Phi) is 4.76. The van der Waals surface area contributed by atoms with Crippen LogP contribution in [0.5, 0.6) is 5.75 Å². The number of ether oxygens (including phenoxy) is 1. The van der Waals surface area contributed by atoms with E-state index in [2.05, 4.69) is 5.32 Å². The highest BCUT2D eigenvalue weighted by molar-refractivity contribution is 5.93. The molecule has 19 heavy (non-hydrogen) atoms. The van der Waals surface area contributed by atoms with E-state index in [0.717, 1.165) is 30.0 Å². The van der Waals surface area contributed by atoms with Gasteiger partial charge in [-0.05, 0) is 37.2 Å². The summed E-state index contributed by atoms with van der Waals surface area (Å²) in [6.07, 6.45) is 1.30. The molecule has 0 saturated carbocycles. The molecule has 0 unspecified atom stereocenters. The number of anilines is 1. The van der Waals surface area contributed by atoms with Crippen molar-refractivity contribution in [3.63, 3.8) is 0 Å². The number of hydrogen-bond donors (Lipinski definition) is 2. The molecule has 1 aromatic rings. The first kappa shape index (κ1) is 13.8. The molecule has 0 radical (unpaired) electrons. The predicted octanol–water partition coefficient (Wildman–Crippen LogP) is 0.874. The van der Waals surface area contributed by atoms with Crippen LogP contribution in [0.1, 0.15) is 12.0 Å². The van der Waals surface area contributed by atoms with Crippen molar-refractivity contribution in [1.82, 2.24) is 4.90 Å². The normalized spacial score (nSPS) is 14.2. The monoisotopic (exact) mass is 264 g/mol. The van der Waals surface area contributed by atoms with E-state index in [0.29, 0.717) is 19.6 Å². The zero-order chi connectivity index (χ0) is 13.7. The number of aryl methyl sites for hydroxylation is 1. The van der Waals surface area contributed by atoms with Crippen LogP contribution >= 0.6 is 0 Å². The second-order valence-corrected chi connectivity index (χ2v) is 4.74. The number of fused-ring (bicyclic) bond motifs is 1. The van der Waals surface area contributed by atoms with E-state index in [1.807, 2.05) is 30.1 Å². The van der Waals surface area contributed by atoms with Crippen LogP contribution in [0.3, 0.4) is 0 Å². The zero-order valence-electron chi connectivity index (χ0n) is 11.2. The Labute approximate surface area is 113 Å². The van der Waals surface area contributed by atoms with E-state index in [-0.39, 0.29) is 12.5 Å². The number of amides is 1. The molecule has 0 atom stereocenters. The van der Waals surface area contributed by atoms with Gasteiger partial charge in [-0.3, -0.25) is 4.79 Å². The van der Waals surface area contributed by atoms with Crippen LogP contribution in [0.15, 0.2) is 18.2 Å². The van der Waals surface area contributed by atoms with E-state index in [1.54, 1.807) is 0 Å². The second kappa shape index (κ2) is 6.54. The Morgan fingerprint density at radius 3 is 3.00 bits per heavy atom. The molecule has 0 saturated heterocycles. The van der Waals surface area contributed by atoms with Gasteiger partial charge in [0.15, 0.2) is 0 Å². The van der Waals surface area contributed by atoms with Crippen molar-refractivity contribution in [2.45, 2.75) is 12.8 Å². The highest BCUT2D eigenvalue weighted by atomic mass is 16.5. The minimum atomic E-state index is 0.0757. The molecule has 1 aliphatic heterocycles. The molecule has 1 aromatic carbocycles. The SMILES string of the molecule is CN(CCO)CCOc1ccc2c(c1)CCC(=O)N2. The minimum absolute atomic E-state index is 0.0757. The van der Waals surface area contributed by atoms with Gasteiger partial charge in [0, 0.05) is 25.2 Å². The number of likely N-dealkylation sites (N-methyl/N-ethyl adjacent to an activating group) is 1. The standard InChI is InChI=1S/C14H20N2O3/c1-16(6-8-17)7-9-19-12-3-4-13-11(10-12)2-5-14(18)15-13/h3-4,10,17H,2,5-9H2,1H3,(H,15,18). The minimum Gasteiger partial charge on any atom is -0.492 e. The van der Waals surface area contributed by atoms with Crippen molar-refractivity contribution in [2.24, 2.45) is 0 Å². The van der Waals surface area contributed by atoms with E-state index in [1.165, 1.54) is 0 Å². The first-order valence-corrected chi connectivity index (χ1v) is 6.54. The van der Waals surface area contributed by atoms with Gasteiger partial charge < -0.3 is 20.1 Å². The molecule has 1 amide bonds. The zero-order valence-corrected chi connectivity index (χ0v) is 11.2. The number of carbonyl (C=O) groups is 1. The fourth-order valence-electron chi connectivity index (χ4n) is 2.05. The Balaban J connectivity index is 1.86. The van der Waals surface area contributed by atoms with Crippen molar-refractivity contribution >= 4 is 11.6 Å². The van der Waals surface area contributed by atoms with Gasteiger partial charge in [0.25, 0.3) is 0 Å². The van der Waals surface area contributed by atoms with Crippen molar-refractivity contribution < 1.29 is 14.6 Å². The summed E-state index contributed by atoms with van der Waals surface area (Å²) in [6.45, 7) is 2.17. The summed E-state index contributed by atoms with van der Waals surface area (Å²) in [5, 5.41) is 11.6. The molecule has 5 heteroatoms. The Bertz CT molecular complexity index is 448. The molecule has 1 aliphatic rings. The van der Waals surface area contributed by atoms with Gasteiger partial charge in [0.2, 0.25) is 5.91 Å². The molecule has 0 bridgehead atoms. The number of aliphatic hydroxyl groups is 1. The fourth-order valence-corrected chi connectivity index (χ4v) is 2.05. The number of carbonyl (C=O) groups excluding carboxylic acids is 1. The quantitative estimate of drug-likeness (QED) is 0.800. The van der Waals surface area contributed by atoms with Crippen molar-refractivity contribution in [1.29, 1.82) is 0 Å². The van der Waals surface area contributed by atoms with Crippen molar-refractivity contribution in [3.8, 4) is 5.75 Å². The maximum atomic E-state index is 11.3. The number of aliphatic hydroxyl groups excluding tert-OH is 1. The van der Waals surface area contributed by atoms with Crippen molar-refractivity contribution in [2.75, 3.05) is 38.7 Å². The lowest BCUT2D eigenvalue weighted by atomic mass is 10.0. The molecular formula is C14H20N2O3. The topological polar surface area (TPSA) is 61.8 Å². The summed E-state index contributed by atoms with van der Waals surface area (Å²) in [4.78, 5) is 13.3. The predicted molar refractivity (Wildman–Crippen MR) is 73.5 cm³/mol. The van der Waals surface area contributed by atoms with Crippen LogP contribution in [0.25, 0.3) is 0 Å². The molecule has 0 aromatic heterocycles. The number of benzene rings is 1. The summed E-state index contributed by atoms with van der Waals surface area (Å²) in [5.74, 6) is 0.902. The third-order valence-electron chi connectivity index (χ3n) is 3.20. The molecule has 1 heterocycles. The molecule has 104 valence electrons. The molecule has 2 N–H and O–H groups in total. The average Bonchev–Trinajstić information content (AvgIpc) is 2.39. The number of rotatable bonds is 6. The van der Waals surface area contributed by atoms with Crippen LogP contribution in [0, 0.1) is 0 Å². The van der Waals surface area contributed by atoms with E-state index < -0.39 is 0 Å². The molecule has 0 aliphatic carbocycles. The van der Waals surface area contributed by atoms with E-state index >= 15 is 0 Å².